The van der Waals surface area contributed by atoms with E-state index >= 15 is 0 Å². The van der Waals surface area contributed by atoms with Gasteiger partial charge < -0.3 is 0 Å². The summed E-state index contributed by atoms with van der Waals surface area (Å²) in [6.07, 6.45) is 28.5. The minimum atomic E-state index is 1.19. The van der Waals surface area contributed by atoms with Gasteiger partial charge in [0.25, 0.3) is 0 Å². The molecule has 0 aliphatic carbocycles. The maximum absolute atomic E-state index is 2.39. The van der Waals surface area contributed by atoms with Gasteiger partial charge in [-0.15, -0.1) is 0 Å². The fourth-order valence-corrected chi connectivity index (χ4v) is 3.73. The first-order chi connectivity index (χ1) is 12.9. The summed E-state index contributed by atoms with van der Waals surface area (Å²) in [5.74, 6) is 0. The van der Waals surface area contributed by atoms with E-state index in [1.807, 2.05) is 0 Å². The molecule has 150 valence electrons. The minimum Gasteiger partial charge on any atom is -0.205 e. The van der Waals surface area contributed by atoms with E-state index < -0.39 is 0 Å². The lowest BCUT2D eigenvalue weighted by molar-refractivity contribution is -0.697. The predicted molar refractivity (Wildman–Crippen MR) is 116 cm³/mol. The predicted octanol–water partition coefficient (Wildman–Crippen LogP) is 7.80. The summed E-state index contributed by atoms with van der Waals surface area (Å²) < 4.78 is 2.39. The topological polar surface area (TPSA) is 3.88 Å². The second kappa shape index (κ2) is 17.6. The molecule has 0 aliphatic heterocycles. The van der Waals surface area contributed by atoms with E-state index in [4.69, 9.17) is 0 Å². The largest absolute Gasteiger partial charge is 0.205 e. The molecule has 0 aliphatic rings. The Bertz CT molecular complexity index is 412. The fraction of sp³-hybridized carbons (Fsp3) is 0.800. The van der Waals surface area contributed by atoms with Crippen LogP contribution in [0.25, 0.3) is 0 Å². The Balaban J connectivity index is 1.87. The Morgan fingerprint density at radius 2 is 1.12 bits per heavy atom. The second-order valence-corrected chi connectivity index (χ2v) is 8.15. The molecule has 0 saturated heterocycles. The third-order valence-corrected chi connectivity index (χ3v) is 5.51. The van der Waals surface area contributed by atoms with Crippen molar-refractivity contribution in [2.45, 2.75) is 130 Å². The van der Waals surface area contributed by atoms with E-state index in [0.717, 1.165) is 0 Å². The van der Waals surface area contributed by atoms with Crippen LogP contribution in [0.3, 0.4) is 0 Å². The fourth-order valence-electron chi connectivity index (χ4n) is 3.73. The van der Waals surface area contributed by atoms with Gasteiger partial charge in [-0.3, -0.25) is 0 Å². The highest BCUT2D eigenvalue weighted by Crippen LogP contribution is 2.13. The highest BCUT2D eigenvalue weighted by molar-refractivity contribution is 5.05. The maximum atomic E-state index is 2.39. The van der Waals surface area contributed by atoms with E-state index in [-0.39, 0.29) is 0 Å². The van der Waals surface area contributed by atoms with E-state index in [2.05, 4.69) is 42.9 Å². The van der Waals surface area contributed by atoms with Crippen molar-refractivity contribution < 1.29 is 4.57 Å². The first kappa shape index (κ1) is 23.2. The van der Waals surface area contributed by atoms with Crippen LogP contribution in [0.5, 0.6) is 0 Å². The summed E-state index contributed by atoms with van der Waals surface area (Å²) >= 11 is 0. The standard InChI is InChI=1S/C25H46N/c1-3-5-7-8-9-10-11-12-13-14-15-16-17-18-22-26-23-19-21-25(24-26)20-6-4-2/h19,21,23-24H,3-18,20,22H2,1-2H3/q+1. The first-order valence-corrected chi connectivity index (χ1v) is 11.8. The SMILES string of the molecule is CCCCCCCCCCCCCCCC[n+]1cccc(CCCC)c1. The second-order valence-electron chi connectivity index (χ2n) is 8.15. The van der Waals surface area contributed by atoms with Gasteiger partial charge in [0.05, 0.1) is 0 Å². The van der Waals surface area contributed by atoms with Gasteiger partial charge in [0.1, 0.15) is 6.54 Å². The zero-order chi connectivity index (χ0) is 18.7. The van der Waals surface area contributed by atoms with Gasteiger partial charge in [-0.25, -0.2) is 4.57 Å². The van der Waals surface area contributed by atoms with E-state index in [0.29, 0.717) is 0 Å². The monoisotopic (exact) mass is 360 g/mol. The molecule has 1 heteroatoms. The number of unbranched alkanes of at least 4 members (excludes halogenated alkanes) is 14. The number of aromatic nitrogens is 1. The molecule has 0 spiro atoms. The number of hydrogen-bond acceptors (Lipinski definition) is 0. The molecule has 1 heterocycles. The molecule has 0 aromatic carbocycles. The lowest BCUT2D eigenvalue weighted by atomic mass is 10.0. The highest BCUT2D eigenvalue weighted by atomic mass is 14.9. The molecule has 1 rings (SSSR count). The number of pyridine rings is 1. The third kappa shape index (κ3) is 13.4. The molecule has 1 aromatic heterocycles. The van der Waals surface area contributed by atoms with Crippen LogP contribution >= 0.6 is 0 Å². The van der Waals surface area contributed by atoms with Crippen molar-refractivity contribution in [3.63, 3.8) is 0 Å². The molecule has 1 aromatic rings. The molecular weight excluding hydrogens is 314 g/mol. The van der Waals surface area contributed by atoms with Gasteiger partial charge in [0, 0.05) is 18.1 Å². The number of nitrogens with zero attached hydrogens (tertiary/aromatic N) is 1. The minimum absolute atomic E-state index is 1.19. The maximum Gasteiger partial charge on any atom is 0.171 e. The molecule has 0 amide bonds. The van der Waals surface area contributed by atoms with Crippen molar-refractivity contribution in [2.75, 3.05) is 0 Å². The number of rotatable bonds is 18. The van der Waals surface area contributed by atoms with Crippen LogP contribution in [0.1, 0.15) is 122 Å². The van der Waals surface area contributed by atoms with Crippen LogP contribution in [-0.4, -0.2) is 0 Å². The van der Waals surface area contributed by atoms with Crippen LogP contribution in [0.15, 0.2) is 24.5 Å². The molecule has 1 nitrogen and oxygen atoms in total. The van der Waals surface area contributed by atoms with Crippen molar-refractivity contribution in [3.05, 3.63) is 30.1 Å². The van der Waals surface area contributed by atoms with Gasteiger partial charge in [-0.1, -0.05) is 97.3 Å². The zero-order valence-electron chi connectivity index (χ0n) is 18.0. The normalized spacial score (nSPS) is 11.2. The van der Waals surface area contributed by atoms with Crippen LogP contribution in [-0.2, 0) is 13.0 Å². The Morgan fingerprint density at radius 1 is 0.615 bits per heavy atom. The lowest BCUT2D eigenvalue weighted by Crippen LogP contribution is -2.33. The van der Waals surface area contributed by atoms with Crippen molar-refractivity contribution in [2.24, 2.45) is 0 Å². The smallest absolute Gasteiger partial charge is 0.171 e. The van der Waals surface area contributed by atoms with Gasteiger partial charge in [-0.2, -0.15) is 0 Å². The van der Waals surface area contributed by atoms with Gasteiger partial charge >= 0.3 is 0 Å². The van der Waals surface area contributed by atoms with E-state index in [1.54, 1.807) is 0 Å². The molecule has 26 heavy (non-hydrogen) atoms. The Morgan fingerprint density at radius 3 is 1.65 bits per heavy atom. The lowest BCUT2D eigenvalue weighted by Gasteiger charge is -2.03. The molecular formula is C25H46N+. The van der Waals surface area contributed by atoms with Crippen LogP contribution in [0.4, 0.5) is 0 Å². The molecule has 0 saturated carbocycles. The average molecular weight is 361 g/mol. The summed E-state index contributed by atoms with van der Waals surface area (Å²) in [7, 11) is 0. The Labute approximate surface area is 164 Å². The zero-order valence-corrected chi connectivity index (χ0v) is 18.0. The van der Waals surface area contributed by atoms with Crippen LogP contribution in [0.2, 0.25) is 0 Å². The molecule has 0 atom stereocenters. The number of hydrogen-bond donors (Lipinski definition) is 0. The van der Waals surface area contributed by atoms with E-state index in [1.165, 1.54) is 121 Å². The Hall–Kier alpha value is -0.850. The quantitative estimate of drug-likeness (QED) is 0.186. The Kier molecular flexibility index (Phi) is 15.7. The summed E-state index contributed by atoms with van der Waals surface area (Å²) in [6, 6.07) is 4.49. The first-order valence-electron chi connectivity index (χ1n) is 11.8. The average Bonchev–Trinajstić information content (AvgIpc) is 2.67. The molecule has 0 unspecified atom stereocenters. The van der Waals surface area contributed by atoms with Crippen molar-refractivity contribution in [1.82, 2.24) is 0 Å². The number of aryl methyl sites for hydroxylation is 2. The van der Waals surface area contributed by atoms with Crippen LogP contribution in [0, 0.1) is 0 Å². The van der Waals surface area contributed by atoms with Crippen molar-refractivity contribution >= 4 is 0 Å². The van der Waals surface area contributed by atoms with Gasteiger partial charge in [0.15, 0.2) is 12.4 Å². The van der Waals surface area contributed by atoms with E-state index in [9.17, 15) is 0 Å². The summed E-state index contributed by atoms with van der Waals surface area (Å²) in [5.41, 5.74) is 1.50. The summed E-state index contributed by atoms with van der Waals surface area (Å²) in [4.78, 5) is 0. The summed E-state index contributed by atoms with van der Waals surface area (Å²) in [5, 5.41) is 0. The van der Waals surface area contributed by atoms with Crippen molar-refractivity contribution in [3.8, 4) is 0 Å². The molecule has 0 bridgehead atoms. The van der Waals surface area contributed by atoms with Crippen LogP contribution < -0.4 is 4.57 Å². The van der Waals surface area contributed by atoms with Crippen molar-refractivity contribution in [1.29, 1.82) is 0 Å². The summed E-state index contributed by atoms with van der Waals surface area (Å²) in [6.45, 7) is 5.76. The molecule has 0 radical (unpaired) electrons. The molecule has 0 N–H and O–H groups in total. The van der Waals surface area contributed by atoms with Gasteiger partial charge in [0.2, 0.25) is 0 Å². The third-order valence-electron chi connectivity index (χ3n) is 5.51. The van der Waals surface area contributed by atoms with Gasteiger partial charge in [-0.05, 0) is 25.3 Å². The molecule has 0 fully saturated rings. The highest BCUT2D eigenvalue weighted by Gasteiger charge is 2.02.